The average Bonchev–Trinajstić information content (AvgIpc) is 2.42. The van der Waals surface area contributed by atoms with Gasteiger partial charge in [-0.2, -0.15) is 0 Å². The first kappa shape index (κ1) is 12.4. The van der Waals surface area contributed by atoms with Gasteiger partial charge in [-0.25, -0.2) is 0 Å². The molecule has 0 aromatic heterocycles. The van der Waals surface area contributed by atoms with Gasteiger partial charge in [-0.05, 0) is 62.7 Å². The fraction of sp³-hybridized carbons (Fsp3) is 1.00. The van der Waals surface area contributed by atoms with Crippen molar-refractivity contribution in [1.29, 1.82) is 0 Å². The molecule has 2 aliphatic rings. The summed E-state index contributed by atoms with van der Waals surface area (Å²) in [6, 6.07) is 0. The topological polar surface area (TPSA) is 20.2 Å². The van der Waals surface area contributed by atoms with Gasteiger partial charge >= 0.3 is 0 Å². The SMILES string of the molecule is C[C@H]1CC[C@@H](C(C)(C)O)C[C@@H]2[C@H]1CC[C@@H]2C. The molecule has 2 saturated carbocycles. The van der Waals surface area contributed by atoms with Crippen molar-refractivity contribution in [3.05, 3.63) is 0 Å². The third kappa shape index (κ3) is 2.30. The van der Waals surface area contributed by atoms with Crippen LogP contribution in [0, 0.1) is 29.6 Å². The van der Waals surface area contributed by atoms with Crippen LogP contribution in [0.25, 0.3) is 0 Å². The molecule has 0 amide bonds. The van der Waals surface area contributed by atoms with E-state index in [-0.39, 0.29) is 0 Å². The minimum Gasteiger partial charge on any atom is -0.390 e. The van der Waals surface area contributed by atoms with E-state index in [1.807, 2.05) is 13.8 Å². The summed E-state index contributed by atoms with van der Waals surface area (Å²) in [6.45, 7) is 8.86. The van der Waals surface area contributed by atoms with Crippen molar-refractivity contribution in [2.24, 2.45) is 29.6 Å². The second-order valence-corrected chi connectivity index (χ2v) is 7.02. The summed E-state index contributed by atoms with van der Waals surface area (Å²) in [5.74, 6) is 4.11. The first-order valence-electron chi connectivity index (χ1n) is 7.12. The van der Waals surface area contributed by atoms with E-state index in [9.17, 15) is 5.11 Å². The van der Waals surface area contributed by atoms with Crippen LogP contribution in [-0.2, 0) is 0 Å². The van der Waals surface area contributed by atoms with Gasteiger partial charge < -0.3 is 5.11 Å². The largest absolute Gasteiger partial charge is 0.390 e. The van der Waals surface area contributed by atoms with Gasteiger partial charge in [0.15, 0.2) is 0 Å². The molecule has 1 heteroatoms. The maximum absolute atomic E-state index is 10.3. The zero-order valence-electron chi connectivity index (χ0n) is 11.4. The molecule has 16 heavy (non-hydrogen) atoms. The van der Waals surface area contributed by atoms with Gasteiger partial charge in [0, 0.05) is 0 Å². The van der Waals surface area contributed by atoms with Crippen molar-refractivity contribution >= 4 is 0 Å². The fourth-order valence-corrected chi connectivity index (χ4v) is 4.19. The van der Waals surface area contributed by atoms with Crippen LogP contribution in [0.5, 0.6) is 0 Å². The second kappa shape index (κ2) is 4.33. The summed E-state index contributed by atoms with van der Waals surface area (Å²) < 4.78 is 0. The molecule has 0 aromatic rings. The van der Waals surface area contributed by atoms with Crippen LogP contribution in [0.4, 0.5) is 0 Å². The van der Waals surface area contributed by atoms with Crippen molar-refractivity contribution in [2.75, 3.05) is 0 Å². The Bertz CT molecular complexity index is 240. The molecule has 2 aliphatic carbocycles. The molecule has 1 N–H and O–H groups in total. The van der Waals surface area contributed by atoms with Gasteiger partial charge in [0.1, 0.15) is 0 Å². The van der Waals surface area contributed by atoms with Crippen LogP contribution in [0.2, 0.25) is 0 Å². The highest BCUT2D eigenvalue weighted by Crippen LogP contribution is 2.50. The molecule has 0 unspecified atom stereocenters. The fourth-order valence-electron chi connectivity index (χ4n) is 4.19. The van der Waals surface area contributed by atoms with Gasteiger partial charge in [0.2, 0.25) is 0 Å². The Kier molecular flexibility index (Phi) is 3.36. The van der Waals surface area contributed by atoms with E-state index in [0.717, 1.165) is 23.7 Å². The molecule has 0 heterocycles. The van der Waals surface area contributed by atoms with Crippen LogP contribution in [0.1, 0.15) is 59.8 Å². The summed E-state index contributed by atoms with van der Waals surface area (Å²) in [5.41, 5.74) is -0.475. The Labute approximate surface area is 101 Å². The van der Waals surface area contributed by atoms with E-state index >= 15 is 0 Å². The highest BCUT2D eigenvalue weighted by molar-refractivity contribution is 4.92. The van der Waals surface area contributed by atoms with Crippen molar-refractivity contribution < 1.29 is 5.11 Å². The number of hydrogen-bond donors (Lipinski definition) is 1. The smallest absolute Gasteiger partial charge is 0.0619 e. The lowest BCUT2D eigenvalue weighted by molar-refractivity contribution is 0.00196. The van der Waals surface area contributed by atoms with Gasteiger partial charge in [-0.3, -0.25) is 0 Å². The number of aliphatic hydroxyl groups is 1. The van der Waals surface area contributed by atoms with Crippen LogP contribution in [-0.4, -0.2) is 10.7 Å². The molecule has 0 radical (unpaired) electrons. The van der Waals surface area contributed by atoms with Crippen LogP contribution < -0.4 is 0 Å². The van der Waals surface area contributed by atoms with Gasteiger partial charge in [-0.1, -0.05) is 26.7 Å². The van der Waals surface area contributed by atoms with E-state index in [1.54, 1.807) is 0 Å². The maximum atomic E-state index is 10.3. The van der Waals surface area contributed by atoms with Crippen LogP contribution in [0.15, 0.2) is 0 Å². The lowest BCUT2D eigenvalue weighted by atomic mass is 9.77. The summed E-state index contributed by atoms with van der Waals surface area (Å²) in [6.07, 6.45) is 6.66. The van der Waals surface area contributed by atoms with E-state index in [2.05, 4.69) is 13.8 Å². The molecule has 0 bridgehead atoms. The Morgan fingerprint density at radius 2 is 1.44 bits per heavy atom. The zero-order chi connectivity index (χ0) is 11.9. The van der Waals surface area contributed by atoms with Crippen LogP contribution in [0.3, 0.4) is 0 Å². The van der Waals surface area contributed by atoms with E-state index in [1.165, 1.54) is 32.1 Å². The van der Waals surface area contributed by atoms with E-state index in [4.69, 9.17) is 0 Å². The second-order valence-electron chi connectivity index (χ2n) is 7.02. The Morgan fingerprint density at radius 3 is 2.06 bits per heavy atom. The number of rotatable bonds is 1. The number of hydrogen-bond acceptors (Lipinski definition) is 1. The highest BCUT2D eigenvalue weighted by Gasteiger charge is 2.42. The van der Waals surface area contributed by atoms with E-state index < -0.39 is 5.60 Å². The van der Waals surface area contributed by atoms with Crippen molar-refractivity contribution in [2.45, 2.75) is 65.4 Å². The molecule has 0 spiro atoms. The molecule has 2 rings (SSSR count). The first-order valence-corrected chi connectivity index (χ1v) is 7.12. The molecular weight excluding hydrogens is 196 g/mol. The molecule has 0 saturated heterocycles. The molecule has 0 aromatic carbocycles. The third-order valence-corrected chi connectivity index (χ3v) is 5.49. The standard InChI is InChI=1S/C15H28O/c1-10-5-7-12(15(3,4)16)9-14-11(2)6-8-13(10)14/h10-14,16H,5-9H2,1-4H3/t10-,11-,12+,13-,14-/m0/s1. The third-order valence-electron chi connectivity index (χ3n) is 5.49. The zero-order valence-corrected chi connectivity index (χ0v) is 11.4. The van der Waals surface area contributed by atoms with Gasteiger partial charge in [-0.15, -0.1) is 0 Å². The summed E-state index contributed by atoms with van der Waals surface area (Å²) in [4.78, 5) is 0. The van der Waals surface area contributed by atoms with Crippen molar-refractivity contribution in [3.8, 4) is 0 Å². The molecule has 0 aliphatic heterocycles. The first-order chi connectivity index (χ1) is 7.39. The van der Waals surface area contributed by atoms with E-state index in [0.29, 0.717) is 5.92 Å². The predicted molar refractivity (Wildman–Crippen MR) is 68.2 cm³/mol. The molecule has 1 nitrogen and oxygen atoms in total. The van der Waals surface area contributed by atoms with Gasteiger partial charge in [0.05, 0.1) is 5.60 Å². The molecule has 2 fully saturated rings. The monoisotopic (exact) mass is 224 g/mol. The van der Waals surface area contributed by atoms with Crippen molar-refractivity contribution in [3.63, 3.8) is 0 Å². The minimum absolute atomic E-state index is 0.475. The van der Waals surface area contributed by atoms with Crippen molar-refractivity contribution in [1.82, 2.24) is 0 Å². The summed E-state index contributed by atoms with van der Waals surface area (Å²) in [7, 11) is 0. The van der Waals surface area contributed by atoms with Gasteiger partial charge in [0.25, 0.3) is 0 Å². The average molecular weight is 224 g/mol. The lowest BCUT2D eigenvalue weighted by Crippen LogP contribution is -2.32. The molecular formula is C15H28O. The maximum Gasteiger partial charge on any atom is 0.0619 e. The highest BCUT2D eigenvalue weighted by atomic mass is 16.3. The quantitative estimate of drug-likeness (QED) is 0.717. The minimum atomic E-state index is -0.475. The summed E-state index contributed by atoms with van der Waals surface area (Å²) in [5, 5.41) is 10.3. The number of fused-ring (bicyclic) bond motifs is 1. The Morgan fingerprint density at radius 1 is 0.875 bits per heavy atom. The molecule has 94 valence electrons. The Balaban J connectivity index is 2.13. The predicted octanol–water partition coefficient (Wildman–Crippen LogP) is 3.86. The molecule has 5 atom stereocenters. The Hall–Kier alpha value is -0.0400. The lowest BCUT2D eigenvalue weighted by Gasteiger charge is -2.32. The van der Waals surface area contributed by atoms with Crippen LogP contribution >= 0.6 is 0 Å². The normalized spacial score (nSPS) is 45.2. The summed E-state index contributed by atoms with van der Waals surface area (Å²) >= 11 is 0.